The summed E-state index contributed by atoms with van der Waals surface area (Å²) in [5.41, 5.74) is -0.152. The first-order chi connectivity index (χ1) is 7.47. The van der Waals surface area contributed by atoms with E-state index in [0.29, 0.717) is 13.2 Å². The summed E-state index contributed by atoms with van der Waals surface area (Å²) in [6.07, 6.45) is 2.64. The van der Waals surface area contributed by atoms with Gasteiger partial charge in [0.15, 0.2) is 0 Å². The normalized spacial score (nSPS) is 16.2. The monoisotopic (exact) mass is 228 g/mol. The van der Waals surface area contributed by atoms with E-state index in [4.69, 9.17) is 4.74 Å². The van der Waals surface area contributed by atoms with Crippen LogP contribution in [-0.4, -0.2) is 37.7 Å². The number of ether oxygens (including phenoxy) is 1. The first-order valence-electron chi connectivity index (χ1n) is 6.07. The molecule has 4 heteroatoms. The Morgan fingerprint density at radius 1 is 1.38 bits per heavy atom. The van der Waals surface area contributed by atoms with Gasteiger partial charge in [-0.15, -0.1) is 0 Å². The molecule has 1 aliphatic rings. The van der Waals surface area contributed by atoms with Crippen LogP contribution in [0, 0.1) is 5.92 Å². The van der Waals surface area contributed by atoms with Gasteiger partial charge in [0.05, 0.1) is 13.2 Å². The Morgan fingerprint density at radius 2 is 2.06 bits per heavy atom. The van der Waals surface area contributed by atoms with Crippen molar-refractivity contribution in [2.75, 3.05) is 26.3 Å². The van der Waals surface area contributed by atoms with Crippen LogP contribution in [0.25, 0.3) is 0 Å². The van der Waals surface area contributed by atoms with E-state index in [1.54, 1.807) is 0 Å². The van der Waals surface area contributed by atoms with E-state index in [9.17, 15) is 4.79 Å². The van der Waals surface area contributed by atoms with E-state index in [0.717, 1.165) is 19.1 Å². The average Bonchev–Trinajstić information content (AvgIpc) is 2.91. The Kier molecular flexibility index (Phi) is 5.22. The third kappa shape index (κ3) is 7.65. The molecule has 0 atom stereocenters. The molecule has 1 fully saturated rings. The molecular weight excluding hydrogens is 204 g/mol. The van der Waals surface area contributed by atoms with Crippen LogP contribution in [0.4, 0.5) is 0 Å². The maximum atomic E-state index is 11.4. The van der Waals surface area contributed by atoms with Crippen LogP contribution in [-0.2, 0) is 9.53 Å². The average molecular weight is 228 g/mol. The molecule has 0 aromatic carbocycles. The van der Waals surface area contributed by atoms with Gasteiger partial charge < -0.3 is 15.4 Å². The van der Waals surface area contributed by atoms with Crippen molar-refractivity contribution in [2.45, 2.75) is 39.2 Å². The van der Waals surface area contributed by atoms with Gasteiger partial charge in [-0.2, -0.15) is 0 Å². The van der Waals surface area contributed by atoms with Gasteiger partial charge in [-0.25, -0.2) is 0 Å². The van der Waals surface area contributed by atoms with Crippen LogP contribution in [0.2, 0.25) is 0 Å². The van der Waals surface area contributed by atoms with Gasteiger partial charge in [0.1, 0.15) is 0 Å². The van der Waals surface area contributed by atoms with Crippen molar-refractivity contribution in [1.29, 1.82) is 0 Å². The number of rotatable bonds is 7. The largest absolute Gasteiger partial charge is 0.380 e. The molecule has 2 N–H and O–H groups in total. The zero-order valence-electron chi connectivity index (χ0n) is 10.6. The quantitative estimate of drug-likeness (QED) is 0.637. The van der Waals surface area contributed by atoms with Crippen LogP contribution in [0.15, 0.2) is 0 Å². The highest BCUT2D eigenvalue weighted by molar-refractivity contribution is 5.78. The van der Waals surface area contributed by atoms with Gasteiger partial charge in [-0.05, 0) is 39.5 Å². The molecule has 1 aliphatic carbocycles. The Hall–Kier alpha value is -0.610. The van der Waals surface area contributed by atoms with Crippen LogP contribution in [0.1, 0.15) is 33.6 Å². The molecule has 1 rings (SSSR count). The molecule has 0 saturated heterocycles. The summed E-state index contributed by atoms with van der Waals surface area (Å²) in [4.78, 5) is 11.4. The van der Waals surface area contributed by atoms with Gasteiger partial charge in [-0.3, -0.25) is 4.79 Å². The third-order valence-electron chi connectivity index (χ3n) is 2.27. The molecule has 0 bridgehead atoms. The van der Waals surface area contributed by atoms with Crippen LogP contribution in [0.3, 0.4) is 0 Å². The SMILES string of the molecule is CC(C)(C)NC(=O)CNCCOCC1CC1. The lowest BCUT2D eigenvalue weighted by Crippen LogP contribution is -2.45. The molecule has 0 spiro atoms. The molecule has 94 valence electrons. The predicted molar refractivity (Wildman–Crippen MR) is 64.3 cm³/mol. The van der Waals surface area contributed by atoms with Crippen molar-refractivity contribution in [2.24, 2.45) is 5.92 Å². The summed E-state index contributed by atoms with van der Waals surface area (Å²) in [6.45, 7) is 8.61. The zero-order valence-corrected chi connectivity index (χ0v) is 10.6. The maximum Gasteiger partial charge on any atom is 0.234 e. The van der Waals surface area contributed by atoms with E-state index >= 15 is 0 Å². The second-order valence-electron chi connectivity index (χ2n) is 5.49. The summed E-state index contributed by atoms with van der Waals surface area (Å²) in [5.74, 6) is 0.846. The minimum Gasteiger partial charge on any atom is -0.380 e. The number of carbonyl (C=O) groups excluding carboxylic acids is 1. The van der Waals surface area contributed by atoms with E-state index in [1.165, 1.54) is 12.8 Å². The molecule has 4 nitrogen and oxygen atoms in total. The summed E-state index contributed by atoms with van der Waals surface area (Å²) in [7, 11) is 0. The lowest BCUT2D eigenvalue weighted by atomic mass is 10.1. The fourth-order valence-corrected chi connectivity index (χ4v) is 1.34. The molecular formula is C12H24N2O2. The molecule has 0 aromatic heterocycles. The summed E-state index contributed by atoms with van der Waals surface area (Å²) < 4.78 is 5.45. The Bertz CT molecular complexity index is 220. The van der Waals surface area contributed by atoms with Crippen molar-refractivity contribution in [3.8, 4) is 0 Å². The summed E-state index contributed by atoms with van der Waals surface area (Å²) >= 11 is 0. The number of amides is 1. The minimum absolute atomic E-state index is 0.0368. The molecule has 16 heavy (non-hydrogen) atoms. The van der Waals surface area contributed by atoms with Gasteiger partial charge in [0.25, 0.3) is 0 Å². The molecule has 0 aliphatic heterocycles. The van der Waals surface area contributed by atoms with Crippen LogP contribution < -0.4 is 10.6 Å². The number of nitrogens with one attached hydrogen (secondary N) is 2. The highest BCUT2D eigenvalue weighted by atomic mass is 16.5. The zero-order chi connectivity index (χ0) is 12.0. The van der Waals surface area contributed by atoms with Crippen LogP contribution >= 0.6 is 0 Å². The van der Waals surface area contributed by atoms with Crippen molar-refractivity contribution < 1.29 is 9.53 Å². The molecule has 0 radical (unpaired) electrons. The lowest BCUT2D eigenvalue weighted by Gasteiger charge is -2.20. The van der Waals surface area contributed by atoms with E-state index in [1.807, 2.05) is 20.8 Å². The van der Waals surface area contributed by atoms with Crippen molar-refractivity contribution in [3.63, 3.8) is 0 Å². The number of carbonyl (C=O) groups is 1. The van der Waals surface area contributed by atoms with Crippen molar-refractivity contribution in [1.82, 2.24) is 10.6 Å². The second kappa shape index (κ2) is 6.21. The first-order valence-corrected chi connectivity index (χ1v) is 6.07. The van der Waals surface area contributed by atoms with Crippen molar-refractivity contribution in [3.05, 3.63) is 0 Å². The third-order valence-corrected chi connectivity index (χ3v) is 2.27. The van der Waals surface area contributed by atoms with E-state index in [-0.39, 0.29) is 11.4 Å². The highest BCUT2D eigenvalue weighted by Crippen LogP contribution is 2.28. The Morgan fingerprint density at radius 3 is 2.62 bits per heavy atom. The summed E-state index contributed by atoms with van der Waals surface area (Å²) in [6, 6.07) is 0. The topological polar surface area (TPSA) is 50.4 Å². The molecule has 0 unspecified atom stereocenters. The minimum atomic E-state index is -0.152. The maximum absolute atomic E-state index is 11.4. The van der Waals surface area contributed by atoms with Gasteiger partial charge in [0.2, 0.25) is 5.91 Å². The van der Waals surface area contributed by atoms with Crippen LogP contribution in [0.5, 0.6) is 0 Å². The molecule has 1 amide bonds. The molecule has 0 aromatic rings. The molecule has 1 saturated carbocycles. The Balaban J connectivity index is 1.87. The highest BCUT2D eigenvalue weighted by Gasteiger charge is 2.20. The van der Waals surface area contributed by atoms with E-state index < -0.39 is 0 Å². The van der Waals surface area contributed by atoms with Gasteiger partial charge in [-0.1, -0.05) is 0 Å². The van der Waals surface area contributed by atoms with Gasteiger partial charge >= 0.3 is 0 Å². The van der Waals surface area contributed by atoms with Crippen molar-refractivity contribution >= 4 is 5.91 Å². The number of hydrogen-bond acceptors (Lipinski definition) is 3. The summed E-state index contributed by atoms with van der Waals surface area (Å²) in [5, 5.41) is 5.96. The fourth-order valence-electron chi connectivity index (χ4n) is 1.34. The van der Waals surface area contributed by atoms with Gasteiger partial charge in [0, 0.05) is 18.7 Å². The smallest absolute Gasteiger partial charge is 0.234 e. The molecule has 0 heterocycles. The fraction of sp³-hybridized carbons (Fsp3) is 0.917. The predicted octanol–water partition coefficient (Wildman–Crippen LogP) is 0.917. The Labute approximate surface area is 98.1 Å². The lowest BCUT2D eigenvalue weighted by molar-refractivity contribution is -0.121. The second-order valence-corrected chi connectivity index (χ2v) is 5.49. The standard InChI is InChI=1S/C12H24N2O2/c1-12(2,3)14-11(15)8-13-6-7-16-9-10-4-5-10/h10,13H,4-9H2,1-3H3,(H,14,15). The number of hydrogen-bond donors (Lipinski definition) is 2. The van der Waals surface area contributed by atoms with E-state index in [2.05, 4.69) is 10.6 Å². The first kappa shape index (κ1) is 13.5.